The lowest BCUT2D eigenvalue weighted by atomic mass is 10.1. The molecule has 9 nitrogen and oxygen atoms in total. The summed E-state index contributed by atoms with van der Waals surface area (Å²) in [7, 11) is 0. The number of nitrogens with zero attached hydrogens (tertiary/aromatic N) is 5. The van der Waals surface area contributed by atoms with Crippen molar-refractivity contribution in [2.75, 3.05) is 22.1 Å². The van der Waals surface area contributed by atoms with Gasteiger partial charge in [0.05, 0.1) is 11.4 Å². The van der Waals surface area contributed by atoms with E-state index < -0.39 is 0 Å². The molecule has 178 valence electrons. The molecular formula is C27H25N9. The molecule has 6 N–H and O–H groups in total. The average Bonchev–Trinajstić information content (AvgIpc) is 2.84. The summed E-state index contributed by atoms with van der Waals surface area (Å²) in [4.78, 5) is 22.0. The summed E-state index contributed by atoms with van der Waals surface area (Å²) in [5.74, 6) is 2.57. The second-order valence-corrected chi connectivity index (χ2v) is 8.38. The average molecular weight is 476 g/mol. The number of anilines is 6. The van der Waals surface area contributed by atoms with Crippen molar-refractivity contribution in [2.24, 2.45) is 0 Å². The predicted octanol–water partition coefficient (Wildman–Crippen LogP) is 5.26. The Bertz CT molecular complexity index is 1400. The standard InChI is InChI=1S/C27H25N9/c1-16-6-10-18(11-7-16)20-14-24(35-26(28)30-20)33-22-4-3-5-23(32-22)34-25-15-21(31-27(29)36-25)19-12-8-17(2)9-13-19/h3-15H,1-2H3,(H6,28,29,30,31,32,33,34,35,36). The van der Waals surface area contributed by atoms with E-state index in [0.29, 0.717) is 23.3 Å². The minimum Gasteiger partial charge on any atom is -0.368 e. The molecule has 0 aliphatic rings. The van der Waals surface area contributed by atoms with Crippen LogP contribution in [0.4, 0.5) is 35.2 Å². The quantitative estimate of drug-likeness (QED) is 0.259. The number of hydrogen-bond donors (Lipinski definition) is 4. The van der Waals surface area contributed by atoms with Crippen LogP contribution in [0.15, 0.2) is 78.9 Å². The second-order valence-electron chi connectivity index (χ2n) is 8.38. The highest BCUT2D eigenvalue weighted by molar-refractivity contribution is 5.69. The molecule has 0 spiro atoms. The Morgan fingerprint density at radius 2 is 0.917 bits per heavy atom. The summed E-state index contributed by atoms with van der Waals surface area (Å²) in [6.07, 6.45) is 0. The summed E-state index contributed by atoms with van der Waals surface area (Å²) < 4.78 is 0. The maximum Gasteiger partial charge on any atom is 0.222 e. The zero-order chi connectivity index (χ0) is 25.1. The lowest BCUT2D eigenvalue weighted by Gasteiger charge is -2.11. The Morgan fingerprint density at radius 3 is 1.33 bits per heavy atom. The van der Waals surface area contributed by atoms with Crippen molar-refractivity contribution in [1.82, 2.24) is 24.9 Å². The lowest BCUT2D eigenvalue weighted by molar-refractivity contribution is 1.16. The fraction of sp³-hybridized carbons (Fsp3) is 0.0741. The van der Waals surface area contributed by atoms with Crippen LogP contribution in [0.5, 0.6) is 0 Å². The molecule has 0 saturated heterocycles. The van der Waals surface area contributed by atoms with E-state index >= 15 is 0 Å². The van der Waals surface area contributed by atoms with Gasteiger partial charge in [-0.25, -0.2) is 15.0 Å². The smallest absolute Gasteiger partial charge is 0.222 e. The van der Waals surface area contributed by atoms with Crippen LogP contribution in [-0.2, 0) is 0 Å². The van der Waals surface area contributed by atoms with Gasteiger partial charge in [0.1, 0.15) is 23.3 Å². The number of aromatic nitrogens is 5. The van der Waals surface area contributed by atoms with Gasteiger partial charge in [-0.05, 0) is 26.0 Å². The molecule has 5 aromatic rings. The van der Waals surface area contributed by atoms with Crippen molar-refractivity contribution in [3.05, 3.63) is 90.0 Å². The first-order valence-corrected chi connectivity index (χ1v) is 11.4. The van der Waals surface area contributed by atoms with Crippen LogP contribution in [0.2, 0.25) is 0 Å². The Morgan fingerprint density at radius 1 is 0.500 bits per heavy atom. The van der Waals surface area contributed by atoms with E-state index in [0.717, 1.165) is 22.5 Å². The number of nitrogens with one attached hydrogen (secondary N) is 2. The van der Waals surface area contributed by atoms with Crippen molar-refractivity contribution in [1.29, 1.82) is 0 Å². The number of pyridine rings is 1. The van der Waals surface area contributed by atoms with Crippen LogP contribution < -0.4 is 22.1 Å². The summed E-state index contributed by atoms with van der Waals surface area (Å²) in [6.45, 7) is 4.08. The third-order valence-corrected chi connectivity index (χ3v) is 5.44. The lowest BCUT2D eigenvalue weighted by Crippen LogP contribution is -2.04. The van der Waals surface area contributed by atoms with Crippen molar-refractivity contribution >= 4 is 35.2 Å². The molecule has 0 atom stereocenters. The molecule has 0 aliphatic carbocycles. The van der Waals surface area contributed by atoms with Gasteiger partial charge in [-0.15, -0.1) is 0 Å². The normalized spacial score (nSPS) is 10.7. The maximum absolute atomic E-state index is 5.98. The molecule has 5 rings (SSSR count). The van der Waals surface area contributed by atoms with E-state index in [-0.39, 0.29) is 11.9 Å². The van der Waals surface area contributed by atoms with E-state index in [2.05, 4.69) is 35.6 Å². The van der Waals surface area contributed by atoms with Gasteiger partial charge in [-0.1, -0.05) is 65.7 Å². The highest BCUT2D eigenvalue weighted by atomic mass is 15.2. The number of aryl methyl sites for hydroxylation is 2. The summed E-state index contributed by atoms with van der Waals surface area (Å²) >= 11 is 0. The van der Waals surface area contributed by atoms with Crippen LogP contribution in [0.1, 0.15) is 11.1 Å². The van der Waals surface area contributed by atoms with E-state index in [4.69, 9.17) is 11.5 Å². The van der Waals surface area contributed by atoms with Crippen molar-refractivity contribution < 1.29 is 0 Å². The van der Waals surface area contributed by atoms with Crippen LogP contribution in [0, 0.1) is 13.8 Å². The molecule has 0 aliphatic heterocycles. The summed E-state index contributed by atoms with van der Waals surface area (Å²) in [6, 6.07) is 25.3. The Balaban J connectivity index is 1.37. The molecule has 0 amide bonds. The van der Waals surface area contributed by atoms with Gasteiger partial charge in [-0.2, -0.15) is 9.97 Å². The fourth-order valence-electron chi connectivity index (χ4n) is 3.64. The van der Waals surface area contributed by atoms with Crippen LogP contribution in [0.25, 0.3) is 22.5 Å². The van der Waals surface area contributed by atoms with Crippen LogP contribution in [0.3, 0.4) is 0 Å². The molecule has 0 bridgehead atoms. The van der Waals surface area contributed by atoms with Gasteiger partial charge in [0, 0.05) is 23.3 Å². The summed E-state index contributed by atoms with van der Waals surface area (Å²) in [5, 5.41) is 6.41. The third-order valence-electron chi connectivity index (χ3n) is 5.44. The number of nitrogen functional groups attached to an aromatic ring is 2. The first-order chi connectivity index (χ1) is 17.4. The molecule has 2 aromatic carbocycles. The highest BCUT2D eigenvalue weighted by Crippen LogP contribution is 2.25. The molecule has 3 aromatic heterocycles. The monoisotopic (exact) mass is 475 g/mol. The molecule has 9 heteroatoms. The molecule has 0 saturated carbocycles. The van der Waals surface area contributed by atoms with Gasteiger partial charge >= 0.3 is 0 Å². The van der Waals surface area contributed by atoms with E-state index in [9.17, 15) is 0 Å². The number of rotatable bonds is 6. The minimum atomic E-state index is 0.171. The van der Waals surface area contributed by atoms with Gasteiger partial charge in [-0.3, -0.25) is 0 Å². The van der Waals surface area contributed by atoms with Crippen LogP contribution in [-0.4, -0.2) is 24.9 Å². The highest BCUT2D eigenvalue weighted by Gasteiger charge is 2.09. The Kier molecular flexibility index (Phi) is 6.10. The number of nitrogens with two attached hydrogens (primary N) is 2. The molecule has 3 heterocycles. The van der Waals surface area contributed by atoms with Gasteiger partial charge in [0.25, 0.3) is 0 Å². The van der Waals surface area contributed by atoms with E-state index in [1.807, 2.05) is 92.7 Å². The molecule has 0 radical (unpaired) electrons. The number of benzene rings is 2. The van der Waals surface area contributed by atoms with E-state index in [1.165, 1.54) is 11.1 Å². The summed E-state index contributed by atoms with van der Waals surface area (Å²) in [5.41, 5.74) is 17.6. The van der Waals surface area contributed by atoms with Gasteiger partial charge in [0.2, 0.25) is 11.9 Å². The Labute approximate surface area is 208 Å². The van der Waals surface area contributed by atoms with Crippen molar-refractivity contribution in [3.63, 3.8) is 0 Å². The van der Waals surface area contributed by atoms with Crippen molar-refractivity contribution in [2.45, 2.75) is 13.8 Å². The topological polar surface area (TPSA) is 141 Å². The Hall–Kier alpha value is -5.05. The van der Waals surface area contributed by atoms with E-state index in [1.54, 1.807) is 0 Å². The molecule has 0 fully saturated rings. The zero-order valence-electron chi connectivity index (χ0n) is 19.9. The SMILES string of the molecule is Cc1ccc(-c2cc(Nc3cccc(Nc4cc(-c5ccc(C)cc5)nc(N)n4)n3)nc(N)n2)cc1. The van der Waals surface area contributed by atoms with Gasteiger partial charge < -0.3 is 22.1 Å². The predicted molar refractivity (Wildman–Crippen MR) is 144 cm³/mol. The fourth-order valence-corrected chi connectivity index (χ4v) is 3.64. The minimum absolute atomic E-state index is 0.171. The van der Waals surface area contributed by atoms with Crippen LogP contribution >= 0.6 is 0 Å². The first-order valence-electron chi connectivity index (χ1n) is 11.4. The maximum atomic E-state index is 5.98. The molecule has 36 heavy (non-hydrogen) atoms. The largest absolute Gasteiger partial charge is 0.368 e. The second kappa shape index (κ2) is 9.67. The first kappa shape index (κ1) is 22.7. The van der Waals surface area contributed by atoms with Gasteiger partial charge in [0.15, 0.2) is 0 Å². The molecule has 0 unspecified atom stereocenters. The number of hydrogen-bond acceptors (Lipinski definition) is 9. The van der Waals surface area contributed by atoms with Crippen molar-refractivity contribution in [3.8, 4) is 22.5 Å². The zero-order valence-corrected chi connectivity index (χ0v) is 19.9. The third kappa shape index (κ3) is 5.36. The molecular weight excluding hydrogens is 450 g/mol.